The molecule has 1 aliphatic rings. The van der Waals surface area contributed by atoms with Crippen molar-refractivity contribution in [3.05, 3.63) is 0 Å². The van der Waals surface area contributed by atoms with E-state index < -0.39 is 0 Å². The summed E-state index contributed by atoms with van der Waals surface area (Å²) in [5, 5.41) is 0. The molecule has 1 rings (SSSR count). The van der Waals surface area contributed by atoms with Gasteiger partial charge in [-0.15, -0.1) is 0 Å². The average Bonchev–Trinajstić information content (AvgIpc) is 2.39. The Hall–Kier alpha value is -0.0400. The topological polar surface area (TPSA) is 26.0 Å². The predicted molar refractivity (Wildman–Crippen MR) is 63.3 cm³/mol. The van der Waals surface area contributed by atoms with Crippen molar-refractivity contribution < 1.29 is 0 Å². The predicted octanol–water partition coefficient (Wildman–Crippen LogP) is 3.86. The summed E-state index contributed by atoms with van der Waals surface area (Å²) in [6.07, 6.45) is 13.8. The highest BCUT2D eigenvalue weighted by molar-refractivity contribution is 4.76. The molecule has 0 aromatic heterocycles. The summed E-state index contributed by atoms with van der Waals surface area (Å²) >= 11 is 0. The highest BCUT2D eigenvalue weighted by Crippen LogP contribution is 2.26. The Kier molecular flexibility index (Phi) is 6.25. The second-order valence-corrected chi connectivity index (χ2v) is 4.91. The molecule has 0 aromatic rings. The van der Waals surface area contributed by atoms with Crippen LogP contribution in [0.3, 0.4) is 0 Å². The maximum Gasteiger partial charge on any atom is 0.00671 e. The summed E-state index contributed by atoms with van der Waals surface area (Å²) in [5.41, 5.74) is 6.19. The summed E-state index contributed by atoms with van der Waals surface area (Å²) in [4.78, 5) is 0. The number of nitrogens with two attached hydrogens (primary N) is 1. The van der Waals surface area contributed by atoms with Crippen molar-refractivity contribution in [2.24, 2.45) is 11.7 Å². The standard InChI is InChI=1S/C13H27N/c1-2-3-4-6-9-12-10-7-5-8-11-13(12)14/h12-13H,2-11,14H2,1H3. The van der Waals surface area contributed by atoms with Crippen molar-refractivity contribution in [1.82, 2.24) is 0 Å². The Morgan fingerprint density at radius 1 is 1.00 bits per heavy atom. The maximum absolute atomic E-state index is 6.19. The van der Waals surface area contributed by atoms with Crippen LogP contribution in [0.5, 0.6) is 0 Å². The zero-order valence-electron chi connectivity index (χ0n) is 9.80. The van der Waals surface area contributed by atoms with E-state index >= 15 is 0 Å². The molecular formula is C13H27N. The Morgan fingerprint density at radius 3 is 2.57 bits per heavy atom. The van der Waals surface area contributed by atoms with Gasteiger partial charge in [-0.3, -0.25) is 0 Å². The highest BCUT2D eigenvalue weighted by Gasteiger charge is 2.19. The maximum atomic E-state index is 6.19. The van der Waals surface area contributed by atoms with E-state index in [1.807, 2.05) is 0 Å². The fourth-order valence-electron chi connectivity index (χ4n) is 2.60. The minimum absolute atomic E-state index is 0.513. The minimum Gasteiger partial charge on any atom is -0.327 e. The van der Waals surface area contributed by atoms with Crippen LogP contribution in [-0.4, -0.2) is 6.04 Å². The first-order chi connectivity index (χ1) is 6.84. The molecule has 0 spiro atoms. The molecule has 0 heterocycles. The van der Waals surface area contributed by atoms with E-state index in [0.29, 0.717) is 6.04 Å². The third-order valence-electron chi connectivity index (χ3n) is 3.65. The van der Waals surface area contributed by atoms with Gasteiger partial charge in [0.2, 0.25) is 0 Å². The van der Waals surface area contributed by atoms with Crippen LogP contribution in [0, 0.1) is 5.92 Å². The van der Waals surface area contributed by atoms with Gasteiger partial charge < -0.3 is 5.73 Å². The molecule has 1 fully saturated rings. The van der Waals surface area contributed by atoms with Crippen LogP contribution < -0.4 is 5.73 Å². The molecule has 0 aromatic carbocycles. The van der Waals surface area contributed by atoms with E-state index in [4.69, 9.17) is 5.73 Å². The lowest BCUT2D eigenvalue weighted by Crippen LogP contribution is -2.28. The largest absolute Gasteiger partial charge is 0.327 e. The molecule has 2 N–H and O–H groups in total. The Labute approximate surface area is 89.5 Å². The zero-order valence-corrected chi connectivity index (χ0v) is 9.80. The lowest BCUT2D eigenvalue weighted by atomic mass is 9.90. The molecule has 0 saturated heterocycles. The van der Waals surface area contributed by atoms with Gasteiger partial charge in [-0.25, -0.2) is 0 Å². The monoisotopic (exact) mass is 197 g/mol. The molecule has 1 nitrogen and oxygen atoms in total. The molecule has 1 heteroatoms. The summed E-state index contributed by atoms with van der Waals surface area (Å²) in [6.45, 7) is 2.28. The van der Waals surface area contributed by atoms with Crippen molar-refractivity contribution in [2.45, 2.75) is 77.2 Å². The Bertz CT molecular complexity index is 133. The van der Waals surface area contributed by atoms with Crippen molar-refractivity contribution >= 4 is 0 Å². The molecular weight excluding hydrogens is 170 g/mol. The van der Waals surface area contributed by atoms with Gasteiger partial charge in [0.15, 0.2) is 0 Å². The number of unbranched alkanes of at least 4 members (excludes halogenated alkanes) is 3. The van der Waals surface area contributed by atoms with Gasteiger partial charge in [-0.1, -0.05) is 51.9 Å². The molecule has 2 atom stereocenters. The summed E-state index contributed by atoms with van der Waals surface area (Å²) < 4.78 is 0. The van der Waals surface area contributed by atoms with Gasteiger partial charge in [0.05, 0.1) is 0 Å². The second kappa shape index (κ2) is 7.28. The molecule has 1 aliphatic carbocycles. The fourth-order valence-corrected chi connectivity index (χ4v) is 2.60. The fraction of sp³-hybridized carbons (Fsp3) is 1.00. The lowest BCUT2D eigenvalue weighted by Gasteiger charge is -2.20. The van der Waals surface area contributed by atoms with Crippen molar-refractivity contribution in [1.29, 1.82) is 0 Å². The van der Waals surface area contributed by atoms with Crippen LogP contribution in [0.25, 0.3) is 0 Å². The van der Waals surface area contributed by atoms with Gasteiger partial charge in [0, 0.05) is 6.04 Å². The molecule has 0 amide bonds. The smallest absolute Gasteiger partial charge is 0.00671 e. The number of rotatable bonds is 5. The molecule has 84 valence electrons. The average molecular weight is 197 g/mol. The Morgan fingerprint density at radius 2 is 1.79 bits per heavy atom. The van der Waals surface area contributed by atoms with Gasteiger partial charge in [0.25, 0.3) is 0 Å². The zero-order chi connectivity index (χ0) is 10.2. The Balaban J connectivity index is 2.13. The van der Waals surface area contributed by atoms with Gasteiger partial charge in [-0.2, -0.15) is 0 Å². The van der Waals surface area contributed by atoms with E-state index in [0.717, 1.165) is 5.92 Å². The molecule has 0 bridgehead atoms. The van der Waals surface area contributed by atoms with Crippen LogP contribution in [0.2, 0.25) is 0 Å². The van der Waals surface area contributed by atoms with E-state index in [9.17, 15) is 0 Å². The minimum atomic E-state index is 0.513. The third-order valence-corrected chi connectivity index (χ3v) is 3.65. The van der Waals surface area contributed by atoms with Crippen LogP contribution in [0.4, 0.5) is 0 Å². The SMILES string of the molecule is CCCCCCC1CCCCCC1N. The first-order valence-corrected chi connectivity index (χ1v) is 6.60. The van der Waals surface area contributed by atoms with E-state index in [1.54, 1.807) is 0 Å². The summed E-state index contributed by atoms with van der Waals surface area (Å²) in [5.74, 6) is 0.842. The van der Waals surface area contributed by atoms with Crippen LogP contribution >= 0.6 is 0 Å². The van der Waals surface area contributed by atoms with Gasteiger partial charge in [-0.05, 0) is 25.2 Å². The van der Waals surface area contributed by atoms with E-state index in [1.165, 1.54) is 64.2 Å². The summed E-state index contributed by atoms with van der Waals surface area (Å²) in [6, 6.07) is 0.513. The first kappa shape index (κ1) is 12.0. The summed E-state index contributed by atoms with van der Waals surface area (Å²) in [7, 11) is 0. The molecule has 2 unspecified atom stereocenters. The van der Waals surface area contributed by atoms with Crippen molar-refractivity contribution in [2.75, 3.05) is 0 Å². The molecule has 14 heavy (non-hydrogen) atoms. The third kappa shape index (κ3) is 4.45. The van der Waals surface area contributed by atoms with Gasteiger partial charge in [0.1, 0.15) is 0 Å². The number of hydrogen-bond donors (Lipinski definition) is 1. The molecule has 0 radical (unpaired) electrons. The quantitative estimate of drug-likeness (QED) is 0.525. The molecule has 0 aliphatic heterocycles. The normalized spacial score (nSPS) is 28.7. The van der Waals surface area contributed by atoms with Gasteiger partial charge >= 0.3 is 0 Å². The highest BCUT2D eigenvalue weighted by atomic mass is 14.6. The second-order valence-electron chi connectivity index (χ2n) is 4.91. The molecule has 1 saturated carbocycles. The van der Waals surface area contributed by atoms with Crippen LogP contribution in [-0.2, 0) is 0 Å². The lowest BCUT2D eigenvalue weighted by molar-refractivity contribution is 0.358. The van der Waals surface area contributed by atoms with Crippen LogP contribution in [0.1, 0.15) is 71.1 Å². The number of hydrogen-bond acceptors (Lipinski definition) is 1. The van der Waals surface area contributed by atoms with E-state index in [2.05, 4.69) is 6.92 Å². The van der Waals surface area contributed by atoms with E-state index in [-0.39, 0.29) is 0 Å². The van der Waals surface area contributed by atoms with Crippen molar-refractivity contribution in [3.8, 4) is 0 Å². The van der Waals surface area contributed by atoms with Crippen molar-refractivity contribution in [3.63, 3.8) is 0 Å². The van der Waals surface area contributed by atoms with Crippen LogP contribution in [0.15, 0.2) is 0 Å². The first-order valence-electron chi connectivity index (χ1n) is 6.60.